The maximum absolute atomic E-state index is 13.1. The zero-order chi connectivity index (χ0) is 24.2. The predicted molar refractivity (Wildman–Crippen MR) is 127 cm³/mol. The van der Waals surface area contributed by atoms with E-state index in [1.54, 1.807) is 27.3 Å². The first kappa shape index (κ1) is 23.2. The lowest BCUT2D eigenvalue weighted by Gasteiger charge is -2.22. The summed E-state index contributed by atoms with van der Waals surface area (Å²) in [5.41, 5.74) is 1.30. The van der Waals surface area contributed by atoms with E-state index in [9.17, 15) is 14.4 Å². The molecule has 10 heteroatoms. The van der Waals surface area contributed by atoms with Crippen molar-refractivity contribution in [2.45, 2.75) is 12.5 Å². The average Bonchev–Trinajstić information content (AvgIpc) is 3.54. The van der Waals surface area contributed by atoms with Crippen molar-refractivity contribution in [3.05, 3.63) is 80.4 Å². The van der Waals surface area contributed by atoms with Gasteiger partial charge in [-0.1, -0.05) is 12.1 Å². The van der Waals surface area contributed by atoms with Gasteiger partial charge in [0, 0.05) is 25.7 Å². The van der Waals surface area contributed by atoms with Crippen molar-refractivity contribution in [1.82, 2.24) is 9.58 Å². The number of rotatable bonds is 7. The Kier molecular flexibility index (Phi) is 6.78. The fourth-order valence-corrected chi connectivity index (χ4v) is 4.32. The largest absolute Gasteiger partial charge is 0.493 e. The molecule has 0 saturated heterocycles. The van der Waals surface area contributed by atoms with E-state index < -0.39 is 24.5 Å². The molecule has 3 heterocycles. The molecule has 0 fully saturated rings. The van der Waals surface area contributed by atoms with E-state index in [-0.39, 0.29) is 11.1 Å². The second kappa shape index (κ2) is 9.92. The SMILES string of the molecule is COc1ccc(C2CC(c3cccs3)=NN2C(=O)COC(=O)c2ccn(C)c(=O)c2)cc1OC. The van der Waals surface area contributed by atoms with Crippen molar-refractivity contribution >= 4 is 28.9 Å². The molecule has 1 amide bonds. The number of benzene rings is 1. The second-order valence-electron chi connectivity index (χ2n) is 7.54. The van der Waals surface area contributed by atoms with Crippen molar-refractivity contribution in [3.63, 3.8) is 0 Å². The third kappa shape index (κ3) is 4.72. The van der Waals surface area contributed by atoms with E-state index in [1.165, 1.54) is 39.2 Å². The molecule has 4 rings (SSSR count). The number of ether oxygens (including phenoxy) is 3. The summed E-state index contributed by atoms with van der Waals surface area (Å²) in [6.45, 7) is -0.515. The Labute approximate surface area is 199 Å². The Morgan fingerprint density at radius 1 is 1.12 bits per heavy atom. The summed E-state index contributed by atoms with van der Waals surface area (Å²) >= 11 is 1.53. The Bertz CT molecular complexity index is 1300. The topological polar surface area (TPSA) is 99.4 Å². The van der Waals surface area contributed by atoms with E-state index in [2.05, 4.69) is 5.10 Å². The number of hydrazone groups is 1. The maximum atomic E-state index is 13.1. The van der Waals surface area contributed by atoms with Crippen LogP contribution in [-0.2, 0) is 16.6 Å². The van der Waals surface area contributed by atoms with Gasteiger partial charge in [0.1, 0.15) is 0 Å². The zero-order valence-corrected chi connectivity index (χ0v) is 19.7. The number of pyridine rings is 1. The van der Waals surface area contributed by atoms with E-state index in [0.29, 0.717) is 17.9 Å². The van der Waals surface area contributed by atoms with Gasteiger partial charge < -0.3 is 18.8 Å². The highest BCUT2D eigenvalue weighted by atomic mass is 32.1. The van der Waals surface area contributed by atoms with Gasteiger partial charge >= 0.3 is 5.97 Å². The lowest BCUT2D eigenvalue weighted by atomic mass is 10.0. The predicted octanol–water partition coefficient (Wildman–Crippen LogP) is 3.00. The van der Waals surface area contributed by atoms with E-state index >= 15 is 0 Å². The standard InChI is InChI=1S/C24H23N3O6S/c1-26-9-8-16(12-22(26)28)24(30)33-14-23(29)27-18(13-17(25-27)21-5-4-10-34-21)15-6-7-19(31-2)20(11-15)32-3/h4-12,18H,13-14H2,1-3H3. The first-order chi connectivity index (χ1) is 16.4. The molecule has 0 N–H and O–H groups in total. The van der Waals surface area contributed by atoms with Crippen LogP contribution >= 0.6 is 11.3 Å². The number of esters is 1. The molecule has 1 atom stereocenters. The summed E-state index contributed by atoms with van der Waals surface area (Å²) in [5.74, 6) is -0.127. The Hall–Kier alpha value is -3.92. The number of hydrogen-bond acceptors (Lipinski definition) is 8. The molecular formula is C24H23N3O6S. The van der Waals surface area contributed by atoms with Crippen LogP contribution in [0.4, 0.5) is 0 Å². The van der Waals surface area contributed by atoms with Gasteiger partial charge in [0.2, 0.25) is 0 Å². The number of thiophene rings is 1. The van der Waals surface area contributed by atoms with Crippen LogP contribution in [0.5, 0.6) is 11.5 Å². The normalized spacial score (nSPS) is 15.1. The smallest absolute Gasteiger partial charge is 0.338 e. The maximum Gasteiger partial charge on any atom is 0.338 e. The van der Waals surface area contributed by atoms with Crippen LogP contribution in [0.15, 0.2) is 63.9 Å². The van der Waals surface area contributed by atoms with Crippen LogP contribution in [0.3, 0.4) is 0 Å². The second-order valence-corrected chi connectivity index (χ2v) is 8.49. The molecule has 9 nitrogen and oxygen atoms in total. The zero-order valence-electron chi connectivity index (χ0n) is 18.9. The van der Waals surface area contributed by atoms with Crippen molar-refractivity contribution in [2.24, 2.45) is 12.1 Å². The highest BCUT2D eigenvalue weighted by Crippen LogP contribution is 2.37. The third-order valence-electron chi connectivity index (χ3n) is 5.43. The average molecular weight is 482 g/mol. The molecule has 2 aromatic heterocycles. The number of aryl methyl sites for hydroxylation is 1. The molecule has 1 unspecified atom stereocenters. The Balaban J connectivity index is 1.56. The minimum absolute atomic E-state index is 0.0801. The monoisotopic (exact) mass is 481 g/mol. The van der Waals surface area contributed by atoms with Crippen LogP contribution in [-0.4, -0.2) is 48.0 Å². The van der Waals surface area contributed by atoms with Crippen molar-refractivity contribution < 1.29 is 23.8 Å². The minimum atomic E-state index is -0.754. The lowest BCUT2D eigenvalue weighted by molar-refractivity contribution is -0.136. The first-order valence-corrected chi connectivity index (χ1v) is 11.3. The van der Waals surface area contributed by atoms with Crippen molar-refractivity contribution in [2.75, 3.05) is 20.8 Å². The molecule has 1 aliphatic heterocycles. The van der Waals surface area contributed by atoms with Gasteiger partial charge in [0.25, 0.3) is 11.5 Å². The molecule has 34 heavy (non-hydrogen) atoms. The summed E-state index contributed by atoms with van der Waals surface area (Å²) < 4.78 is 17.3. The first-order valence-electron chi connectivity index (χ1n) is 10.4. The molecule has 1 aliphatic rings. The van der Waals surface area contributed by atoms with Gasteiger partial charge in [-0.3, -0.25) is 9.59 Å². The summed E-state index contributed by atoms with van der Waals surface area (Å²) in [6, 6.07) is 11.5. The Morgan fingerprint density at radius 3 is 2.59 bits per heavy atom. The molecule has 176 valence electrons. The summed E-state index contributed by atoms with van der Waals surface area (Å²) in [5, 5.41) is 7.84. The van der Waals surface area contributed by atoms with Gasteiger partial charge in [-0.2, -0.15) is 5.10 Å². The van der Waals surface area contributed by atoms with Gasteiger partial charge in [0.05, 0.1) is 36.4 Å². The summed E-state index contributed by atoms with van der Waals surface area (Å²) in [7, 11) is 4.67. The van der Waals surface area contributed by atoms with Gasteiger partial charge in [0.15, 0.2) is 18.1 Å². The molecule has 3 aromatic rings. The molecule has 0 aliphatic carbocycles. The highest BCUT2D eigenvalue weighted by molar-refractivity contribution is 7.12. The number of amides is 1. The van der Waals surface area contributed by atoms with Crippen LogP contribution < -0.4 is 15.0 Å². The quantitative estimate of drug-likeness (QED) is 0.481. The fourth-order valence-electron chi connectivity index (χ4n) is 3.60. The number of nitrogens with zero attached hydrogens (tertiary/aromatic N) is 3. The molecule has 1 aromatic carbocycles. The van der Waals surface area contributed by atoms with Crippen LogP contribution in [0.2, 0.25) is 0 Å². The van der Waals surface area contributed by atoms with E-state index in [1.807, 2.05) is 29.6 Å². The molecule has 0 radical (unpaired) electrons. The number of aromatic nitrogens is 1. The van der Waals surface area contributed by atoms with Gasteiger partial charge in [-0.25, -0.2) is 9.80 Å². The van der Waals surface area contributed by atoms with Gasteiger partial charge in [-0.15, -0.1) is 11.3 Å². The molecule has 0 saturated carbocycles. The van der Waals surface area contributed by atoms with E-state index in [4.69, 9.17) is 14.2 Å². The van der Waals surface area contributed by atoms with Crippen LogP contribution in [0.1, 0.15) is 33.3 Å². The van der Waals surface area contributed by atoms with Crippen molar-refractivity contribution in [1.29, 1.82) is 0 Å². The van der Waals surface area contributed by atoms with E-state index in [0.717, 1.165) is 16.2 Å². The highest BCUT2D eigenvalue weighted by Gasteiger charge is 2.34. The van der Waals surface area contributed by atoms with Gasteiger partial charge in [-0.05, 0) is 35.2 Å². The number of methoxy groups -OCH3 is 2. The van der Waals surface area contributed by atoms with Crippen molar-refractivity contribution in [3.8, 4) is 11.5 Å². The fraction of sp³-hybridized carbons (Fsp3) is 0.250. The molecule has 0 spiro atoms. The number of carbonyl (C=O) groups is 2. The number of carbonyl (C=O) groups excluding carboxylic acids is 2. The molecule has 0 bridgehead atoms. The third-order valence-corrected chi connectivity index (χ3v) is 6.35. The lowest BCUT2D eigenvalue weighted by Crippen LogP contribution is -2.31. The summed E-state index contributed by atoms with van der Waals surface area (Å²) in [4.78, 5) is 38.2. The minimum Gasteiger partial charge on any atom is -0.493 e. The Morgan fingerprint density at radius 2 is 1.91 bits per heavy atom. The molecular weight excluding hydrogens is 458 g/mol. The number of hydrogen-bond donors (Lipinski definition) is 0. The summed E-state index contributed by atoms with van der Waals surface area (Å²) in [6.07, 6.45) is 1.95. The van der Waals surface area contributed by atoms with Crippen LogP contribution in [0, 0.1) is 0 Å². The van der Waals surface area contributed by atoms with Crippen LogP contribution in [0.25, 0.3) is 0 Å².